The number of hydrogen-bond acceptors (Lipinski definition) is 5. The summed E-state index contributed by atoms with van der Waals surface area (Å²) in [5.74, 6) is -0.587. The van der Waals surface area contributed by atoms with E-state index < -0.39 is 18.4 Å². The number of aromatic amines is 1. The van der Waals surface area contributed by atoms with Crippen LogP contribution in [0.2, 0.25) is 5.02 Å². The number of esters is 1. The summed E-state index contributed by atoms with van der Waals surface area (Å²) in [5, 5.41) is 0.471. The van der Waals surface area contributed by atoms with E-state index in [-0.39, 0.29) is 17.9 Å². The Balaban J connectivity index is 2.04. The summed E-state index contributed by atoms with van der Waals surface area (Å²) in [4.78, 5) is 38.9. The molecule has 2 aromatic rings. The first kappa shape index (κ1) is 19.7. The lowest BCUT2D eigenvalue weighted by molar-refractivity contribution is -0.141. The van der Waals surface area contributed by atoms with Gasteiger partial charge < -0.3 is 14.5 Å². The first-order chi connectivity index (χ1) is 12.2. The molecule has 138 valence electrons. The molecule has 0 bridgehead atoms. The van der Waals surface area contributed by atoms with Crippen LogP contribution in [-0.4, -0.2) is 36.2 Å². The van der Waals surface area contributed by atoms with Crippen LogP contribution in [-0.2, 0) is 16.0 Å². The SMILES string of the molecule is COc1ccc(Cl)cc1CC(=O)OCC(=O)c1[nH]c(C)c(C(C)=O)c1C. The molecule has 1 N–H and O–H groups in total. The molecule has 1 heterocycles. The minimum absolute atomic E-state index is 0.0710. The van der Waals surface area contributed by atoms with Gasteiger partial charge in [0.1, 0.15) is 5.75 Å². The minimum atomic E-state index is -0.577. The number of Topliss-reactive ketones (excluding diaryl/α,β-unsaturated/α-hetero) is 2. The van der Waals surface area contributed by atoms with Crippen molar-refractivity contribution in [3.8, 4) is 5.75 Å². The zero-order chi connectivity index (χ0) is 19.4. The van der Waals surface area contributed by atoms with Crippen LogP contribution < -0.4 is 4.74 Å². The van der Waals surface area contributed by atoms with E-state index in [0.29, 0.717) is 33.2 Å². The van der Waals surface area contributed by atoms with Crippen LogP contribution in [0.15, 0.2) is 18.2 Å². The zero-order valence-electron chi connectivity index (χ0n) is 15.1. The Bertz CT molecular complexity index is 869. The molecule has 7 heteroatoms. The number of ether oxygens (including phenoxy) is 2. The number of nitrogens with one attached hydrogen (secondary N) is 1. The molecule has 0 aliphatic heterocycles. The van der Waals surface area contributed by atoms with Crippen LogP contribution >= 0.6 is 11.6 Å². The molecule has 2 rings (SSSR count). The van der Waals surface area contributed by atoms with Gasteiger partial charge in [-0.05, 0) is 44.5 Å². The van der Waals surface area contributed by atoms with Gasteiger partial charge in [-0.2, -0.15) is 0 Å². The van der Waals surface area contributed by atoms with E-state index in [0.717, 1.165) is 0 Å². The normalized spacial score (nSPS) is 10.5. The maximum atomic E-state index is 12.3. The summed E-state index contributed by atoms with van der Waals surface area (Å²) < 4.78 is 10.3. The van der Waals surface area contributed by atoms with Crippen molar-refractivity contribution in [1.82, 2.24) is 4.98 Å². The Hall–Kier alpha value is -2.60. The van der Waals surface area contributed by atoms with E-state index in [4.69, 9.17) is 21.1 Å². The molecule has 0 unspecified atom stereocenters. The summed E-state index contributed by atoms with van der Waals surface area (Å²) in [6, 6.07) is 4.92. The number of carbonyl (C=O) groups excluding carboxylic acids is 3. The maximum Gasteiger partial charge on any atom is 0.310 e. The molecule has 0 radical (unpaired) electrons. The number of halogens is 1. The highest BCUT2D eigenvalue weighted by Crippen LogP contribution is 2.23. The molecular formula is C19H20ClNO5. The van der Waals surface area contributed by atoms with Gasteiger partial charge in [0.15, 0.2) is 12.4 Å². The number of rotatable bonds is 7. The maximum absolute atomic E-state index is 12.3. The third-order valence-corrected chi connectivity index (χ3v) is 4.24. The minimum Gasteiger partial charge on any atom is -0.496 e. The first-order valence-electron chi connectivity index (χ1n) is 7.96. The lowest BCUT2D eigenvalue weighted by atomic mass is 10.1. The average Bonchev–Trinajstić information content (AvgIpc) is 2.87. The van der Waals surface area contributed by atoms with Crippen LogP contribution in [0.25, 0.3) is 0 Å². The molecule has 0 atom stereocenters. The highest BCUT2D eigenvalue weighted by atomic mass is 35.5. The lowest BCUT2D eigenvalue weighted by Crippen LogP contribution is -2.17. The van der Waals surface area contributed by atoms with E-state index in [1.807, 2.05) is 0 Å². The Morgan fingerprint density at radius 1 is 1.19 bits per heavy atom. The molecule has 0 amide bonds. The van der Waals surface area contributed by atoms with Gasteiger partial charge in [-0.1, -0.05) is 11.6 Å². The van der Waals surface area contributed by atoms with Crippen LogP contribution in [0.3, 0.4) is 0 Å². The van der Waals surface area contributed by atoms with Crippen molar-refractivity contribution in [2.75, 3.05) is 13.7 Å². The van der Waals surface area contributed by atoms with Crippen LogP contribution in [0.1, 0.15) is 44.6 Å². The lowest BCUT2D eigenvalue weighted by Gasteiger charge is -2.09. The number of benzene rings is 1. The Kier molecular flexibility index (Phi) is 6.21. The van der Waals surface area contributed by atoms with Crippen molar-refractivity contribution >= 4 is 29.1 Å². The quantitative estimate of drug-likeness (QED) is 0.590. The van der Waals surface area contributed by atoms with Crippen molar-refractivity contribution in [1.29, 1.82) is 0 Å². The fourth-order valence-corrected chi connectivity index (χ4v) is 3.06. The number of ketones is 2. The van der Waals surface area contributed by atoms with Crippen molar-refractivity contribution < 1.29 is 23.9 Å². The standard InChI is InChI=1S/C19H20ClNO5/c1-10-18(12(3)22)11(2)21-19(10)15(23)9-26-17(24)8-13-7-14(20)5-6-16(13)25-4/h5-7,21H,8-9H2,1-4H3. The fraction of sp³-hybridized carbons (Fsp3) is 0.316. The van der Waals surface area contributed by atoms with E-state index in [2.05, 4.69) is 4.98 Å². The van der Waals surface area contributed by atoms with E-state index in [9.17, 15) is 14.4 Å². The van der Waals surface area contributed by atoms with Gasteiger partial charge in [0.05, 0.1) is 19.2 Å². The molecule has 0 fully saturated rings. The summed E-state index contributed by atoms with van der Waals surface area (Å²) in [6.45, 7) is 4.43. The monoisotopic (exact) mass is 377 g/mol. The number of aryl methyl sites for hydroxylation is 1. The largest absolute Gasteiger partial charge is 0.496 e. The van der Waals surface area contributed by atoms with E-state index >= 15 is 0 Å². The van der Waals surface area contributed by atoms with Gasteiger partial charge in [-0.3, -0.25) is 14.4 Å². The Labute approximate surface area is 156 Å². The number of aromatic nitrogens is 1. The molecular weight excluding hydrogens is 358 g/mol. The molecule has 1 aromatic carbocycles. The molecule has 1 aromatic heterocycles. The van der Waals surface area contributed by atoms with Gasteiger partial charge in [0.25, 0.3) is 0 Å². The second kappa shape index (κ2) is 8.19. The molecule has 0 saturated carbocycles. The summed E-state index contributed by atoms with van der Waals surface area (Å²) in [7, 11) is 1.49. The van der Waals surface area contributed by atoms with Crippen LogP contribution in [0, 0.1) is 13.8 Å². The Morgan fingerprint density at radius 3 is 2.46 bits per heavy atom. The zero-order valence-corrected chi connectivity index (χ0v) is 15.8. The van der Waals surface area contributed by atoms with Crippen LogP contribution in [0.4, 0.5) is 0 Å². The molecule has 0 spiro atoms. The average molecular weight is 378 g/mol. The topological polar surface area (TPSA) is 85.5 Å². The van der Waals surface area contributed by atoms with Crippen molar-refractivity contribution in [2.45, 2.75) is 27.2 Å². The van der Waals surface area contributed by atoms with E-state index in [1.54, 1.807) is 32.0 Å². The number of carbonyl (C=O) groups is 3. The van der Waals surface area contributed by atoms with Gasteiger partial charge in [0, 0.05) is 21.8 Å². The van der Waals surface area contributed by atoms with Gasteiger partial charge in [-0.25, -0.2) is 0 Å². The third kappa shape index (κ3) is 4.32. The molecule has 0 aliphatic rings. The van der Waals surface area contributed by atoms with Gasteiger partial charge in [0.2, 0.25) is 5.78 Å². The molecule has 26 heavy (non-hydrogen) atoms. The predicted molar refractivity (Wildman–Crippen MR) is 97.3 cm³/mol. The fourth-order valence-electron chi connectivity index (χ4n) is 2.87. The Morgan fingerprint density at radius 2 is 1.88 bits per heavy atom. The highest BCUT2D eigenvalue weighted by molar-refractivity contribution is 6.30. The number of hydrogen-bond donors (Lipinski definition) is 1. The summed E-state index contributed by atoms with van der Waals surface area (Å²) in [5.41, 5.74) is 2.52. The van der Waals surface area contributed by atoms with Gasteiger partial charge in [-0.15, -0.1) is 0 Å². The van der Waals surface area contributed by atoms with Crippen LogP contribution in [0.5, 0.6) is 5.75 Å². The second-order valence-electron chi connectivity index (χ2n) is 5.90. The molecule has 0 aliphatic carbocycles. The smallest absolute Gasteiger partial charge is 0.310 e. The van der Waals surface area contributed by atoms with Crippen molar-refractivity contribution in [2.24, 2.45) is 0 Å². The second-order valence-corrected chi connectivity index (χ2v) is 6.33. The first-order valence-corrected chi connectivity index (χ1v) is 8.33. The van der Waals surface area contributed by atoms with E-state index in [1.165, 1.54) is 14.0 Å². The summed E-state index contributed by atoms with van der Waals surface area (Å²) in [6.07, 6.45) is -0.0710. The predicted octanol–water partition coefficient (Wildman–Crippen LogP) is 3.46. The number of methoxy groups -OCH3 is 1. The summed E-state index contributed by atoms with van der Waals surface area (Å²) >= 11 is 5.93. The van der Waals surface area contributed by atoms with Gasteiger partial charge >= 0.3 is 5.97 Å². The van der Waals surface area contributed by atoms with Crippen molar-refractivity contribution in [3.63, 3.8) is 0 Å². The third-order valence-electron chi connectivity index (χ3n) is 4.01. The number of H-pyrrole nitrogens is 1. The molecule has 6 nitrogen and oxygen atoms in total. The molecule has 0 saturated heterocycles. The highest BCUT2D eigenvalue weighted by Gasteiger charge is 2.21. The van der Waals surface area contributed by atoms with Crippen molar-refractivity contribution in [3.05, 3.63) is 51.3 Å².